The van der Waals surface area contributed by atoms with Crippen molar-refractivity contribution in [1.29, 1.82) is 0 Å². The van der Waals surface area contributed by atoms with Crippen LogP contribution in [-0.2, 0) is 16.9 Å². The van der Waals surface area contributed by atoms with Gasteiger partial charge in [-0.2, -0.15) is 5.10 Å². The highest BCUT2D eigenvalue weighted by atomic mass is 35.5. The van der Waals surface area contributed by atoms with Gasteiger partial charge in [-0.25, -0.2) is 28.3 Å². The molecule has 1 saturated heterocycles. The summed E-state index contributed by atoms with van der Waals surface area (Å²) in [6.07, 6.45) is 2.85. The van der Waals surface area contributed by atoms with E-state index in [9.17, 15) is 9.18 Å². The average Bonchev–Trinajstić information content (AvgIpc) is 3.53. The number of urea groups is 1. The van der Waals surface area contributed by atoms with E-state index in [1.165, 1.54) is 36.6 Å². The van der Waals surface area contributed by atoms with Gasteiger partial charge in [-0.3, -0.25) is 5.43 Å². The van der Waals surface area contributed by atoms with Crippen LogP contribution >= 0.6 is 11.6 Å². The molecule has 2 unspecified atom stereocenters. The van der Waals surface area contributed by atoms with Crippen molar-refractivity contribution in [3.05, 3.63) is 107 Å². The predicted octanol–water partition coefficient (Wildman–Crippen LogP) is 4.54. The Kier molecular flexibility index (Phi) is 9.39. The van der Waals surface area contributed by atoms with Gasteiger partial charge in [0, 0.05) is 56.1 Å². The fourth-order valence-electron chi connectivity index (χ4n) is 5.14. The second-order valence-corrected chi connectivity index (χ2v) is 10.5. The highest BCUT2D eigenvalue weighted by molar-refractivity contribution is 6.30. The van der Waals surface area contributed by atoms with E-state index in [1.807, 2.05) is 53.5 Å². The van der Waals surface area contributed by atoms with Gasteiger partial charge in [-0.1, -0.05) is 29.8 Å². The number of hydrogen-bond acceptors (Lipinski definition) is 7. The second kappa shape index (κ2) is 13.4. The number of nitrogens with zero attached hydrogens (tertiary/aromatic N) is 5. The number of carbonyl (C=O) groups excluding carboxylic acids is 1. The number of hydrogen-bond donors (Lipinski definition) is 2. The van der Waals surface area contributed by atoms with Gasteiger partial charge in [0.15, 0.2) is 0 Å². The minimum absolute atomic E-state index is 0.0763. The van der Waals surface area contributed by atoms with Gasteiger partial charge in [0.2, 0.25) is 0 Å². The summed E-state index contributed by atoms with van der Waals surface area (Å²) in [6, 6.07) is 18.0. The molecule has 1 aromatic heterocycles. The number of hydrazine groups is 1. The van der Waals surface area contributed by atoms with E-state index in [4.69, 9.17) is 21.1 Å². The normalized spacial score (nSPS) is 16.9. The number of methoxy groups -OCH3 is 1. The smallest absolute Gasteiger partial charge is 0.329 e. The zero-order valence-corrected chi connectivity index (χ0v) is 24.5. The van der Waals surface area contributed by atoms with Crippen LogP contribution in [0.4, 0.5) is 19.3 Å². The lowest BCUT2D eigenvalue weighted by Gasteiger charge is -2.42. The number of anilines is 1. The number of aromatic nitrogens is 3. The van der Waals surface area contributed by atoms with E-state index < -0.39 is 17.2 Å². The van der Waals surface area contributed by atoms with Crippen LogP contribution < -0.4 is 20.4 Å². The molecule has 10 nitrogen and oxygen atoms in total. The lowest BCUT2D eigenvalue weighted by Crippen LogP contribution is -2.56. The number of rotatable bonds is 10. The first-order valence-corrected chi connectivity index (χ1v) is 14.0. The van der Waals surface area contributed by atoms with Gasteiger partial charge in [0.05, 0.1) is 12.6 Å². The van der Waals surface area contributed by atoms with Crippen molar-refractivity contribution in [3.63, 3.8) is 0 Å². The van der Waals surface area contributed by atoms with Crippen molar-refractivity contribution in [2.75, 3.05) is 45.3 Å². The SMILES string of the molecule is CNC(=O)NN1CCN(c2ccc(Cl)cc2)CC1c1ccc(OCC(Cn2cncn2)(OC)c2ccc(F)cc2F)cc1. The summed E-state index contributed by atoms with van der Waals surface area (Å²) < 4.78 is 42.2. The molecule has 2 N–H and O–H groups in total. The summed E-state index contributed by atoms with van der Waals surface area (Å²) in [5, 5.41) is 9.31. The third kappa shape index (κ3) is 7.04. The number of carbonyl (C=O) groups is 1. The zero-order valence-electron chi connectivity index (χ0n) is 23.7. The van der Waals surface area contributed by atoms with Crippen molar-refractivity contribution in [3.8, 4) is 5.75 Å². The summed E-state index contributed by atoms with van der Waals surface area (Å²) in [6.45, 7) is 1.88. The molecule has 13 heteroatoms. The summed E-state index contributed by atoms with van der Waals surface area (Å²) in [5.74, 6) is -0.935. The maximum absolute atomic E-state index is 15.0. The molecule has 1 fully saturated rings. The lowest BCUT2D eigenvalue weighted by molar-refractivity contribution is -0.0666. The van der Waals surface area contributed by atoms with Crippen molar-refractivity contribution in [2.24, 2.45) is 0 Å². The topological polar surface area (TPSA) is 96.8 Å². The first-order chi connectivity index (χ1) is 20.8. The summed E-state index contributed by atoms with van der Waals surface area (Å²) in [4.78, 5) is 18.4. The Morgan fingerprint density at radius 3 is 2.51 bits per heavy atom. The molecule has 0 radical (unpaired) electrons. The highest BCUT2D eigenvalue weighted by Crippen LogP contribution is 2.33. The van der Waals surface area contributed by atoms with Crippen molar-refractivity contribution < 1.29 is 23.0 Å². The first-order valence-electron chi connectivity index (χ1n) is 13.6. The van der Waals surface area contributed by atoms with Gasteiger partial charge in [-0.05, 0) is 48.0 Å². The van der Waals surface area contributed by atoms with E-state index in [-0.39, 0.29) is 30.8 Å². The quantitative estimate of drug-likeness (QED) is 0.272. The molecule has 0 saturated carbocycles. The summed E-state index contributed by atoms with van der Waals surface area (Å²) in [7, 11) is 3.01. The van der Waals surface area contributed by atoms with Gasteiger partial charge >= 0.3 is 6.03 Å². The van der Waals surface area contributed by atoms with Crippen LogP contribution in [0.15, 0.2) is 79.4 Å². The maximum Gasteiger partial charge on any atom is 0.329 e. The molecule has 3 aromatic carbocycles. The maximum atomic E-state index is 15.0. The molecule has 4 aromatic rings. The minimum Gasteiger partial charge on any atom is -0.490 e. The van der Waals surface area contributed by atoms with Crippen LogP contribution in [0.2, 0.25) is 5.02 Å². The molecule has 1 aliphatic heterocycles. The highest BCUT2D eigenvalue weighted by Gasteiger charge is 2.37. The third-order valence-electron chi connectivity index (χ3n) is 7.48. The molecule has 43 heavy (non-hydrogen) atoms. The standard InChI is InChI=1S/C30H32ClF2N7O3/c1-34-29(41)37-40-14-13-38(24-8-5-22(31)6-9-24)16-28(40)21-3-10-25(11-4-21)43-18-30(42-2,17-39-20-35-19-36-39)26-12-7-23(32)15-27(26)33/h3-12,15,19-20,28H,13-14,16-18H2,1-2H3,(H2,34,37,41). The van der Waals surface area contributed by atoms with Gasteiger partial charge in [0.25, 0.3) is 0 Å². The van der Waals surface area contributed by atoms with Crippen LogP contribution in [0.3, 0.4) is 0 Å². The zero-order chi connectivity index (χ0) is 30.4. The molecule has 2 atom stereocenters. The molecule has 1 aliphatic rings. The largest absolute Gasteiger partial charge is 0.490 e. The third-order valence-corrected chi connectivity index (χ3v) is 7.73. The fourth-order valence-corrected chi connectivity index (χ4v) is 5.26. The first kappa shape index (κ1) is 30.2. The Bertz CT molecular complexity index is 1510. The Labute approximate surface area is 253 Å². The Morgan fingerprint density at radius 2 is 1.86 bits per heavy atom. The van der Waals surface area contributed by atoms with Crippen molar-refractivity contribution >= 4 is 23.3 Å². The number of nitrogens with one attached hydrogen (secondary N) is 2. The average molecular weight is 612 g/mol. The van der Waals surface area contributed by atoms with E-state index >= 15 is 4.39 Å². The molecule has 0 aliphatic carbocycles. The van der Waals surface area contributed by atoms with Crippen molar-refractivity contribution in [1.82, 2.24) is 30.5 Å². The van der Waals surface area contributed by atoms with E-state index in [0.717, 1.165) is 17.3 Å². The van der Waals surface area contributed by atoms with Crippen LogP contribution in [0, 0.1) is 11.6 Å². The van der Waals surface area contributed by atoms with Crippen LogP contribution in [0.25, 0.3) is 0 Å². The fraction of sp³-hybridized carbons (Fsp3) is 0.300. The van der Waals surface area contributed by atoms with Crippen LogP contribution in [0.1, 0.15) is 17.2 Å². The lowest BCUT2D eigenvalue weighted by atomic mass is 9.93. The Balaban J connectivity index is 1.36. The number of halogens is 3. The monoisotopic (exact) mass is 611 g/mol. The molecular formula is C30H32ClF2N7O3. The molecular weight excluding hydrogens is 580 g/mol. The van der Waals surface area contributed by atoms with Gasteiger partial charge < -0.3 is 19.7 Å². The van der Waals surface area contributed by atoms with Gasteiger partial charge in [0.1, 0.15) is 42.2 Å². The number of benzene rings is 3. The Morgan fingerprint density at radius 1 is 1.09 bits per heavy atom. The predicted molar refractivity (Wildman–Crippen MR) is 158 cm³/mol. The molecule has 2 amide bonds. The number of piperazine rings is 1. The summed E-state index contributed by atoms with van der Waals surface area (Å²) in [5.41, 5.74) is 3.71. The number of amides is 2. The molecule has 2 heterocycles. The van der Waals surface area contributed by atoms with Crippen LogP contribution in [-0.4, -0.2) is 66.2 Å². The minimum atomic E-state index is -1.33. The Hall–Kier alpha value is -4.26. The van der Waals surface area contributed by atoms with E-state index in [2.05, 4.69) is 25.7 Å². The molecule has 0 spiro atoms. The van der Waals surface area contributed by atoms with Crippen molar-refractivity contribution in [2.45, 2.75) is 18.2 Å². The summed E-state index contributed by atoms with van der Waals surface area (Å²) >= 11 is 6.09. The molecule has 0 bridgehead atoms. The van der Waals surface area contributed by atoms with E-state index in [1.54, 1.807) is 7.05 Å². The second-order valence-electron chi connectivity index (χ2n) is 10.1. The van der Waals surface area contributed by atoms with Gasteiger partial charge in [-0.15, -0.1) is 0 Å². The van der Waals surface area contributed by atoms with E-state index in [0.29, 0.717) is 30.4 Å². The number of ether oxygens (including phenoxy) is 2. The van der Waals surface area contributed by atoms with Crippen LogP contribution in [0.5, 0.6) is 5.75 Å². The molecule has 5 rings (SSSR count). The molecule has 226 valence electrons.